The number of anilines is 1. The monoisotopic (exact) mass is 265 g/mol. The number of halogens is 1. The van der Waals surface area contributed by atoms with Gasteiger partial charge in [0, 0.05) is 24.2 Å². The molecule has 1 unspecified atom stereocenters. The molecular weight excluding hydrogens is 250 g/mol. The van der Waals surface area contributed by atoms with Crippen LogP contribution < -0.4 is 5.32 Å². The molecule has 0 aliphatic heterocycles. The Morgan fingerprint density at radius 2 is 2.33 bits per heavy atom. The normalized spacial score (nSPS) is 12.4. The zero-order valence-corrected chi connectivity index (χ0v) is 11.2. The van der Waals surface area contributed by atoms with E-state index in [4.69, 9.17) is 16.0 Å². The maximum absolute atomic E-state index is 5.78. The molecule has 2 aromatic heterocycles. The minimum atomic E-state index is 0.265. The number of hydrogen-bond donors (Lipinski definition) is 1. The Balaban J connectivity index is 1.90. The molecule has 0 aromatic carbocycles. The fraction of sp³-hybridized carbons (Fsp3) is 0.385. The summed E-state index contributed by atoms with van der Waals surface area (Å²) in [5, 5.41) is 3.60. The maximum Gasteiger partial charge on any atom is 0.224 e. The summed E-state index contributed by atoms with van der Waals surface area (Å²) in [5.74, 6) is 1.79. The molecule has 1 N–H and O–H groups in total. The lowest BCUT2D eigenvalue weighted by Gasteiger charge is -2.15. The van der Waals surface area contributed by atoms with Crippen molar-refractivity contribution in [1.82, 2.24) is 9.97 Å². The van der Waals surface area contributed by atoms with Crippen molar-refractivity contribution < 1.29 is 4.42 Å². The van der Waals surface area contributed by atoms with Gasteiger partial charge in [-0.2, -0.15) is 0 Å². The van der Waals surface area contributed by atoms with E-state index in [1.165, 1.54) is 0 Å². The molecule has 0 amide bonds. The summed E-state index contributed by atoms with van der Waals surface area (Å²) in [6, 6.07) is 4.18. The number of nitrogens with one attached hydrogen (secondary N) is 1. The summed E-state index contributed by atoms with van der Waals surface area (Å²) in [6.45, 7) is 4.07. The molecule has 0 spiro atoms. The van der Waals surface area contributed by atoms with Gasteiger partial charge < -0.3 is 9.73 Å². The molecule has 0 saturated heterocycles. The third-order valence-electron chi connectivity index (χ3n) is 2.73. The Labute approximate surface area is 111 Å². The van der Waals surface area contributed by atoms with Crippen molar-refractivity contribution in [2.45, 2.75) is 32.7 Å². The van der Waals surface area contributed by atoms with Gasteiger partial charge in [0.05, 0.1) is 6.26 Å². The molecule has 5 heteroatoms. The standard InChI is InChI=1S/C13H16ClN3O/c1-9-8-15-13(14)17-12(9)16-10(2)5-6-11-4-3-7-18-11/h3-4,7-8,10H,5-6H2,1-2H3,(H,15,16,17). The number of rotatable bonds is 5. The van der Waals surface area contributed by atoms with Crippen molar-refractivity contribution >= 4 is 17.4 Å². The number of aromatic nitrogens is 2. The van der Waals surface area contributed by atoms with Crippen LogP contribution in [0.3, 0.4) is 0 Å². The number of aryl methyl sites for hydroxylation is 2. The van der Waals surface area contributed by atoms with Gasteiger partial charge in [-0.25, -0.2) is 9.97 Å². The van der Waals surface area contributed by atoms with Crippen molar-refractivity contribution in [3.8, 4) is 0 Å². The molecule has 2 rings (SSSR count). The van der Waals surface area contributed by atoms with E-state index < -0.39 is 0 Å². The molecule has 0 radical (unpaired) electrons. The van der Waals surface area contributed by atoms with Crippen LogP contribution in [0.15, 0.2) is 29.0 Å². The van der Waals surface area contributed by atoms with Crippen LogP contribution in [0.2, 0.25) is 5.28 Å². The van der Waals surface area contributed by atoms with Gasteiger partial charge in [0.1, 0.15) is 11.6 Å². The number of furan rings is 1. The molecule has 0 aliphatic carbocycles. The fourth-order valence-corrected chi connectivity index (χ4v) is 1.82. The van der Waals surface area contributed by atoms with Crippen LogP contribution in [0.5, 0.6) is 0 Å². The predicted molar refractivity (Wildman–Crippen MR) is 71.9 cm³/mol. The highest BCUT2D eigenvalue weighted by atomic mass is 35.5. The summed E-state index contributed by atoms with van der Waals surface area (Å²) in [7, 11) is 0. The molecule has 0 fully saturated rings. The quantitative estimate of drug-likeness (QED) is 0.841. The van der Waals surface area contributed by atoms with Gasteiger partial charge in [-0.15, -0.1) is 0 Å². The Morgan fingerprint density at radius 3 is 3.06 bits per heavy atom. The summed E-state index contributed by atoms with van der Waals surface area (Å²) in [5.41, 5.74) is 0.990. The van der Waals surface area contributed by atoms with Crippen molar-refractivity contribution in [2.75, 3.05) is 5.32 Å². The summed E-state index contributed by atoms with van der Waals surface area (Å²) < 4.78 is 5.30. The molecular formula is C13H16ClN3O. The van der Waals surface area contributed by atoms with Gasteiger partial charge in [-0.05, 0) is 44.0 Å². The zero-order chi connectivity index (χ0) is 13.0. The van der Waals surface area contributed by atoms with Crippen LogP contribution >= 0.6 is 11.6 Å². The van der Waals surface area contributed by atoms with E-state index in [0.29, 0.717) is 6.04 Å². The second kappa shape index (κ2) is 5.87. The van der Waals surface area contributed by atoms with Crippen molar-refractivity contribution in [3.63, 3.8) is 0 Å². The van der Waals surface area contributed by atoms with Gasteiger partial charge in [-0.3, -0.25) is 0 Å². The van der Waals surface area contributed by atoms with Gasteiger partial charge in [0.2, 0.25) is 5.28 Å². The fourth-order valence-electron chi connectivity index (χ4n) is 1.69. The molecule has 2 aromatic rings. The smallest absolute Gasteiger partial charge is 0.224 e. The van der Waals surface area contributed by atoms with Gasteiger partial charge >= 0.3 is 0 Å². The van der Waals surface area contributed by atoms with Crippen LogP contribution in [0.1, 0.15) is 24.7 Å². The first-order valence-corrected chi connectivity index (χ1v) is 6.31. The molecule has 4 nitrogen and oxygen atoms in total. The van der Waals surface area contributed by atoms with E-state index in [0.717, 1.165) is 30.0 Å². The van der Waals surface area contributed by atoms with Crippen molar-refractivity contribution in [3.05, 3.63) is 41.2 Å². The van der Waals surface area contributed by atoms with Gasteiger partial charge in [-0.1, -0.05) is 0 Å². The van der Waals surface area contributed by atoms with E-state index >= 15 is 0 Å². The highest BCUT2D eigenvalue weighted by Crippen LogP contribution is 2.15. The second-order valence-electron chi connectivity index (χ2n) is 4.33. The SMILES string of the molecule is Cc1cnc(Cl)nc1NC(C)CCc1ccco1. The van der Waals surface area contributed by atoms with E-state index in [1.807, 2.05) is 19.1 Å². The van der Waals surface area contributed by atoms with E-state index in [9.17, 15) is 0 Å². The lowest BCUT2D eigenvalue weighted by atomic mass is 10.1. The molecule has 0 bridgehead atoms. The molecule has 2 heterocycles. The average molecular weight is 266 g/mol. The Bertz CT molecular complexity index is 499. The minimum absolute atomic E-state index is 0.265. The van der Waals surface area contributed by atoms with Crippen molar-refractivity contribution in [2.24, 2.45) is 0 Å². The van der Waals surface area contributed by atoms with Crippen LogP contribution in [-0.2, 0) is 6.42 Å². The average Bonchev–Trinajstić information content (AvgIpc) is 2.84. The van der Waals surface area contributed by atoms with E-state index in [1.54, 1.807) is 12.5 Å². The third kappa shape index (κ3) is 3.47. The highest BCUT2D eigenvalue weighted by molar-refractivity contribution is 6.28. The first kappa shape index (κ1) is 12.9. The summed E-state index contributed by atoms with van der Waals surface area (Å²) in [4.78, 5) is 8.11. The first-order chi connectivity index (χ1) is 8.65. The second-order valence-corrected chi connectivity index (χ2v) is 4.67. The topological polar surface area (TPSA) is 51.0 Å². The molecule has 1 atom stereocenters. The maximum atomic E-state index is 5.78. The first-order valence-electron chi connectivity index (χ1n) is 5.93. The molecule has 0 saturated carbocycles. The Morgan fingerprint density at radius 1 is 1.50 bits per heavy atom. The largest absolute Gasteiger partial charge is 0.469 e. The Hall–Kier alpha value is -1.55. The third-order valence-corrected chi connectivity index (χ3v) is 2.91. The van der Waals surface area contributed by atoms with Crippen LogP contribution in [-0.4, -0.2) is 16.0 Å². The number of hydrogen-bond acceptors (Lipinski definition) is 4. The van der Waals surface area contributed by atoms with Gasteiger partial charge in [0.25, 0.3) is 0 Å². The lowest BCUT2D eigenvalue weighted by molar-refractivity contribution is 0.495. The summed E-state index contributed by atoms with van der Waals surface area (Å²) in [6.07, 6.45) is 5.28. The molecule has 18 heavy (non-hydrogen) atoms. The van der Waals surface area contributed by atoms with Crippen LogP contribution in [0.4, 0.5) is 5.82 Å². The number of nitrogens with zero attached hydrogens (tertiary/aromatic N) is 2. The highest BCUT2D eigenvalue weighted by Gasteiger charge is 2.08. The zero-order valence-electron chi connectivity index (χ0n) is 10.5. The van der Waals surface area contributed by atoms with Gasteiger partial charge in [0.15, 0.2) is 0 Å². The van der Waals surface area contributed by atoms with E-state index in [2.05, 4.69) is 22.2 Å². The van der Waals surface area contributed by atoms with E-state index in [-0.39, 0.29) is 5.28 Å². The predicted octanol–water partition coefficient (Wildman–Crippen LogP) is 3.46. The van der Waals surface area contributed by atoms with Crippen LogP contribution in [0, 0.1) is 6.92 Å². The summed E-state index contributed by atoms with van der Waals surface area (Å²) >= 11 is 5.78. The lowest BCUT2D eigenvalue weighted by Crippen LogP contribution is -2.17. The van der Waals surface area contributed by atoms with Crippen LogP contribution in [0.25, 0.3) is 0 Å². The van der Waals surface area contributed by atoms with Crippen molar-refractivity contribution in [1.29, 1.82) is 0 Å². The minimum Gasteiger partial charge on any atom is -0.469 e. The molecule has 96 valence electrons. The Kier molecular flexibility index (Phi) is 4.20. The molecule has 0 aliphatic rings.